The van der Waals surface area contributed by atoms with Crippen LogP contribution in [0.2, 0.25) is 0 Å². The second kappa shape index (κ2) is 9.70. The summed E-state index contributed by atoms with van der Waals surface area (Å²) in [6, 6.07) is 12.3. The van der Waals surface area contributed by atoms with Gasteiger partial charge in [-0.2, -0.15) is 4.31 Å². The van der Waals surface area contributed by atoms with E-state index in [1.165, 1.54) is 16.4 Å². The SMILES string of the molecule is CC(c1ccc(S(N)(=O)=O)cc1)N(C)C(=O)Cc1ccc(S(=O)(=O)N2CCCCC2)cc1. The van der Waals surface area contributed by atoms with E-state index in [4.69, 9.17) is 5.14 Å². The molecule has 3 rings (SSSR count). The van der Waals surface area contributed by atoms with Crippen LogP contribution in [-0.4, -0.2) is 52.1 Å². The number of carbonyl (C=O) groups is 1. The fraction of sp³-hybridized carbons (Fsp3) is 0.409. The Labute approximate surface area is 190 Å². The molecular weight excluding hydrogens is 450 g/mol. The van der Waals surface area contributed by atoms with Crippen LogP contribution in [-0.2, 0) is 31.3 Å². The van der Waals surface area contributed by atoms with E-state index in [9.17, 15) is 21.6 Å². The fourth-order valence-electron chi connectivity index (χ4n) is 3.71. The smallest absolute Gasteiger partial charge is 0.243 e. The molecule has 1 amide bonds. The van der Waals surface area contributed by atoms with Crippen LogP contribution >= 0.6 is 0 Å². The lowest BCUT2D eigenvalue weighted by atomic mass is 10.1. The maximum Gasteiger partial charge on any atom is 0.243 e. The molecule has 1 aliphatic heterocycles. The van der Waals surface area contributed by atoms with Crippen molar-refractivity contribution < 1.29 is 21.6 Å². The number of rotatable bonds is 7. The first-order valence-corrected chi connectivity index (χ1v) is 13.5. The minimum absolute atomic E-state index is 0.0158. The normalized spacial score (nSPS) is 16.5. The summed E-state index contributed by atoms with van der Waals surface area (Å²) in [7, 11) is -5.59. The third kappa shape index (κ3) is 5.55. The highest BCUT2D eigenvalue weighted by Crippen LogP contribution is 2.23. The second-order valence-corrected chi connectivity index (χ2v) is 11.6. The number of nitrogens with zero attached hydrogens (tertiary/aromatic N) is 2. The van der Waals surface area contributed by atoms with Crippen LogP contribution in [0.25, 0.3) is 0 Å². The van der Waals surface area contributed by atoms with Gasteiger partial charge in [0.2, 0.25) is 26.0 Å². The molecule has 0 bridgehead atoms. The molecule has 0 radical (unpaired) electrons. The van der Waals surface area contributed by atoms with Crippen molar-refractivity contribution in [3.05, 3.63) is 59.7 Å². The third-order valence-electron chi connectivity index (χ3n) is 5.90. The number of likely N-dealkylation sites (N-methyl/N-ethyl adjacent to an activating group) is 1. The maximum absolute atomic E-state index is 12.8. The fourth-order valence-corrected chi connectivity index (χ4v) is 5.74. The first kappa shape index (κ1) is 24.4. The van der Waals surface area contributed by atoms with E-state index in [1.807, 2.05) is 6.92 Å². The van der Waals surface area contributed by atoms with Gasteiger partial charge in [0.15, 0.2) is 0 Å². The average Bonchev–Trinajstić information content (AvgIpc) is 2.78. The summed E-state index contributed by atoms with van der Waals surface area (Å²) in [6.07, 6.45) is 2.93. The van der Waals surface area contributed by atoms with E-state index in [0.29, 0.717) is 13.1 Å². The predicted octanol–water partition coefficient (Wildman–Crippen LogP) is 2.27. The molecule has 1 fully saturated rings. The molecule has 0 aromatic heterocycles. The van der Waals surface area contributed by atoms with Gasteiger partial charge in [0.25, 0.3) is 0 Å². The summed E-state index contributed by atoms with van der Waals surface area (Å²) in [5, 5.41) is 5.12. The van der Waals surface area contributed by atoms with E-state index < -0.39 is 20.0 Å². The quantitative estimate of drug-likeness (QED) is 0.654. The van der Waals surface area contributed by atoms with E-state index in [0.717, 1.165) is 30.4 Å². The van der Waals surface area contributed by atoms with E-state index in [-0.39, 0.29) is 28.2 Å². The largest absolute Gasteiger partial charge is 0.339 e. The zero-order valence-electron chi connectivity index (χ0n) is 18.3. The molecule has 10 heteroatoms. The summed E-state index contributed by atoms with van der Waals surface area (Å²) in [4.78, 5) is 14.6. The van der Waals surface area contributed by atoms with Gasteiger partial charge in [0, 0.05) is 20.1 Å². The van der Waals surface area contributed by atoms with E-state index in [1.54, 1.807) is 48.3 Å². The molecule has 0 aliphatic carbocycles. The zero-order valence-corrected chi connectivity index (χ0v) is 19.9. The number of nitrogens with two attached hydrogens (primary N) is 1. The Morgan fingerprint density at radius 2 is 1.47 bits per heavy atom. The molecule has 2 aromatic rings. The number of piperidine rings is 1. The van der Waals surface area contributed by atoms with Crippen molar-refractivity contribution in [3.63, 3.8) is 0 Å². The van der Waals surface area contributed by atoms with E-state index in [2.05, 4.69) is 0 Å². The number of sulfonamides is 2. The third-order valence-corrected chi connectivity index (χ3v) is 8.74. The van der Waals surface area contributed by atoms with Gasteiger partial charge in [0.1, 0.15) is 0 Å². The monoisotopic (exact) mass is 479 g/mol. The van der Waals surface area contributed by atoms with Crippen molar-refractivity contribution in [1.82, 2.24) is 9.21 Å². The summed E-state index contributed by atoms with van der Waals surface area (Å²) in [5.74, 6) is -0.139. The number of hydrogen-bond acceptors (Lipinski definition) is 5. The highest BCUT2D eigenvalue weighted by atomic mass is 32.2. The Bertz CT molecular complexity index is 1160. The highest BCUT2D eigenvalue weighted by molar-refractivity contribution is 7.89. The molecule has 1 aliphatic rings. The molecule has 8 nitrogen and oxygen atoms in total. The van der Waals surface area contributed by atoms with Gasteiger partial charge >= 0.3 is 0 Å². The Morgan fingerprint density at radius 3 is 2.00 bits per heavy atom. The van der Waals surface area contributed by atoms with Crippen LogP contribution in [0.15, 0.2) is 58.3 Å². The number of carbonyl (C=O) groups excluding carboxylic acids is 1. The predicted molar refractivity (Wildman–Crippen MR) is 122 cm³/mol. The number of hydrogen-bond donors (Lipinski definition) is 1. The van der Waals surface area contributed by atoms with Gasteiger partial charge in [-0.25, -0.2) is 22.0 Å². The minimum atomic E-state index is -3.77. The summed E-state index contributed by atoms with van der Waals surface area (Å²) in [6.45, 7) is 2.94. The maximum atomic E-state index is 12.8. The molecule has 2 N–H and O–H groups in total. The lowest BCUT2D eigenvalue weighted by Gasteiger charge is -2.26. The molecule has 1 unspecified atom stereocenters. The van der Waals surface area contributed by atoms with Crippen molar-refractivity contribution in [2.45, 2.75) is 48.4 Å². The van der Waals surface area contributed by atoms with Crippen molar-refractivity contribution >= 4 is 26.0 Å². The molecule has 1 saturated heterocycles. The topological polar surface area (TPSA) is 118 Å². The summed E-state index contributed by atoms with van der Waals surface area (Å²) in [5.41, 5.74) is 1.49. The first-order valence-electron chi connectivity index (χ1n) is 10.5. The van der Waals surface area contributed by atoms with Crippen molar-refractivity contribution in [2.75, 3.05) is 20.1 Å². The zero-order chi connectivity index (χ0) is 23.5. The second-order valence-electron chi connectivity index (χ2n) is 8.08. The lowest BCUT2D eigenvalue weighted by Crippen LogP contribution is -2.35. The Hall–Kier alpha value is -2.27. The summed E-state index contributed by atoms with van der Waals surface area (Å²) >= 11 is 0. The van der Waals surface area contributed by atoms with Crippen LogP contribution in [0.4, 0.5) is 0 Å². The molecule has 2 aromatic carbocycles. The molecule has 32 heavy (non-hydrogen) atoms. The first-order chi connectivity index (χ1) is 15.0. The van der Waals surface area contributed by atoms with E-state index >= 15 is 0 Å². The summed E-state index contributed by atoms with van der Waals surface area (Å²) < 4.78 is 49.9. The molecule has 0 saturated carbocycles. The van der Waals surface area contributed by atoms with Gasteiger partial charge in [0.05, 0.1) is 22.3 Å². The van der Waals surface area contributed by atoms with Gasteiger partial charge in [-0.3, -0.25) is 4.79 Å². The standard InChI is InChI=1S/C22H29N3O5S2/c1-17(19-8-12-20(13-9-19)31(23,27)28)24(2)22(26)16-18-6-10-21(11-7-18)32(29,30)25-14-4-3-5-15-25/h6-13,17H,3-5,14-16H2,1-2H3,(H2,23,27,28). The number of benzene rings is 2. The molecule has 174 valence electrons. The van der Waals surface area contributed by atoms with Crippen molar-refractivity contribution in [2.24, 2.45) is 5.14 Å². The Morgan fingerprint density at radius 1 is 0.938 bits per heavy atom. The van der Waals surface area contributed by atoms with Gasteiger partial charge in [-0.05, 0) is 55.2 Å². The molecule has 1 atom stereocenters. The van der Waals surface area contributed by atoms with Crippen molar-refractivity contribution in [3.8, 4) is 0 Å². The van der Waals surface area contributed by atoms with Crippen LogP contribution in [0.1, 0.15) is 43.4 Å². The minimum Gasteiger partial charge on any atom is -0.339 e. The average molecular weight is 480 g/mol. The number of primary sulfonamides is 1. The van der Waals surface area contributed by atoms with Gasteiger partial charge in [-0.1, -0.05) is 30.7 Å². The lowest BCUT2D eigenvalue weighted by molar-refractivity contribution is -0.131. The van der Waals surface area contributed by atoms with Crippen LogP contribution in [0, 0.1) is 0 Å². The molecule has 1 heterocycles. The highest BCUT2D eigenvalue weighted by Gasteiger charge is 2.26. The van der Waals surface area contributed by atoms with Gasteiger partial charge in [-0.15, -0.1) is 0 Å². The van der Waals surface area contributed by atoms with Gasteiger partial charge < -0.3 is 4.90 Å². The Kier molecular flexibility index (Phi) is 7.39. The van der Waals surface area contributed by atoms with Crippen molar-refractivity contribution in [1.29, 1.82) is 0 Å². The van der Waals surface area contributed by atoms with Crippen LogP contribution in [0.5, 0.6) is 0 Å². The molecule has 0 spiro atoms. The molecular formula is C22H29N3O5S2. The number of amides is 1. The van der Waals surface area contributed by atoms with Crippen LogP contribution < -0.4 is 5.14 Å². The van der Waals surface area contributed by atoms with Crippen LogP contribution in [0.3, 0.4) is 0 Å². The Balaban J connectivity index is 1.66.